The minimum atomic E-state index is -0.537. The predicted octanol–water partition coefficient (Wildman–Crippen LogP) is 4.15. The van der Waals surface area contributed by atoms with Crippen LogP contribution in [-0.4, -0.2) is 6.29 Å². The first-order chi connectivity index (χ1) is 7.69. The fourth-order valence-corrected chi connectivity index (χ4v) is 1.85. The Morgan fingerprint density at radius 2 is 2.12 bits per heavy atom. The standard InChI is InChI=1S/C11H6ClFO2S/c12-10-2-1-7(4-11(10)13)15-8-3-9(5-14)16-6-8/h1-6H. The van der Waals surface area contributed by atoms with E-state index in [0.29, 0.717) is 16.4 Å². The van der Waals surface area contributed by atoms with Crippen LogP contribution in [0.25, 0.3) is 0 Å². The number of thiophene rings is 1. The second-order valence-corrected chi connectivity index (χ2v) is 4.33. The fourth-order valence-electron chi connectivity index (χ4n) is 1.13. The molecule has 2 aromatic rings. The van der Waals surface area contributed by atoms with Crippen molar-refractivity contribution >= 4 is 29.2 Å². The van der Waals surface area contributed by atoms with Crippen LogP contribution in [0.15, 0.2) is 29.6 Å². The van der Waals surface area contributed by atoms with Crippen LogP contribution in [0.3, 0.4) is 0 Å². The van der Waals surface area contributed by atoms with Gasteiger partial charge in [-0.15, -0.1) is 11.3 Å². The Morgan fingerprint density at radius 1 is 1.31 bits per heavy atom. The third-order valence-electron chi connectivity index (χ3n) is 1.84. The first kappa shape index (κ1) is 11.1. The van der Waals surface area contributed by atoms with Crippen molar-refractivity contribution in [2.24, 2.45) is 0 Å². The van der Waals surface area contributed by atoms with Crippen molar-refractivity contribution in [3.8, 4) is 11.5 Å². The molecule has 0 aliphatic rings. The summed E-state index contributed by atoms with van der Waals surface area (Å²) in [5.74, 6) is 0.316. The molecule has 0 atom stereocenters. The molecule has 0 bridgehead atoms. The van der Waals surface area contributed by atoms with Gasteiger partial charge in [-0.2, -0.15) is 0 Å². The quantitative estimate of drug-likeness (QED) is 0.772. The minimum Gasteiger partial charge on any atom is -0.456 e. The maximum Gasteiger partial charge on any atom is 0.160 e. The summed E-state index contributed by atoms with van der Waals surface area (Å²) in [6, 6.07) is 5.76. The second kappa shape index (κ2) is 4.63. The summed E-state index contributed by atoms with van der Waals surface area (Å²) in [7, 11) is 0. The Labute approximate surface area is 100 Å². The van der Waals surface area contributed by atoms with E-state index in [1.54, 1.807) is 17.5 Å². The molecule has 1 aromatic heterocycles. The van der Waals surface area contributed by atoms with E-state index < -0.39 is 5.82 Å². The van der Waals surface area contributed by atoms with Gasteiger partial charge in [-0.1, -0.05) is 11.6 Å². The first-order valence-corrected chi connectivity index (χ1v) is 5.61. The van der Waals surface area contributed by atoms with Gasteiger partial charge in [0.1, 0.15) is 17.3 Å². The zero-order chi connectivity index (χ0) is 11.5. The number of hydrogen-bond donors (Lipinski definition) is 0. The highest BCUT2D eigenvalue weighted by Crippen LogP contribution is 2.28. The summed E-state index contributed by atoms with van der Waals surface area (Å²) in [4.78, 5) is 11.0. The van der Waals surface area contributed by atoms with Gasteiger partial charge in [0.15, 0.2) is 6.29 Å². The summed E-state index contributed by atoms with van der Waals surface area (Å²) in [5.41, 5.74) is 0. The van der Waals surface area contributed by atoms with Crippen molar-refractivity contribution in [3.63, 3.8) is 0 Å². The van der Waals surface area contributed by atoms with Crippen molar-refractivity contribution in [1.82, 2.24) is 0 Å². The number of benzene rings is 1. The lowest BCUT2D eigenvalue weighted by Gasteiger charge is -2.03. The smallest absolute Gasteiger partial charge is 0.160 e. The molecule has 2 rings (SSSR count). The van der Waals surface area contributed by atoms with Gasteiger partial charge in [0.2, 0.25) is 0 Å². The van der Waals surface area contributed by atoms with Crippen LogP contribution in [-0.2, 0) is 0 Å². The van der Waals surface area contributed by atoms with E-state index in [4.69, 9.17) is 16.3 Å². The number of ether oxygens (including phenoxy) is 1. The van der Waals surface area contributed by atoms with Gasteiger partial charge in [-0.25, -0.2) is 4.39 Å². The number of carbonyl (C=O) groups is 1. The molecular weight excluding hydrogens is 251 g/mol. The van der Waals surface area contributed by atoms with E-state index in [0.717, 1.165) is 6.29 Å². The lowest BCUT2D eigenvalue weighted by atomic mass is 10.3. The van der Waals surface area contributed by atoms with E-state index in [2.05, 4.69) is 0 Å². The molecular formula is C11H6ClFO2S. The molecule has 0 aliphatic carbocycles. The largest absolute Gasteiger partial charge is 0.456 e. The van der Waals surface area contributed by atoms with Crippen LogP contribution in [0.5, 0.6) is 11.5 Å². The molecule has 0 aliphatic heterocycles. The van der Waals surface area contributed by atoms with E-state index >= 15 is 0 Å². The van der Waals surface area contributed by atoms with Crippen molar-refractivity contribution in [1.29, 1.82) is 0 Å². The van der Waals surface area contributed by atoms with Gasteiger partial charge < -0.3 is 4.74 Å². The average Bonchev–Trinajstić information content (AvgIpc) is 2.71. The van der Waals surface area contributed by atoms with Gasteiger partial charge in [0, 0.05) is 17.5 Å². The van der Waals surface area contributed by atoms with Gasteiger partial charge >= 0.3 is 0 Å². The Bertz CT molecular complexity index is 524. The maximum absolute atomic E-state index is 13.1. The van der Waals surface area contributed by atoms with Crippen LogP contribution >= 0.6 is 22.9 Å². The van der Waals surface area contributed by atoms with Crippen molar-refractivity contribution in [2.75, 3.05) is 0 Å². The number of hydrogen-bond acceptors (Lipinski definition) is 3. The predicted molar refractivity (Wildman–Crippen MR) is 61.2 cm³/mol. The second-order valence-electron chi connectivity index (χ2n) is 2.98. The summed E-state index contributed by atoms with van der Waals surface area (Å²) in [6.07, 6.45) is 0.736. The molecule has 0 saturated heterocycles. The molecule has 0 amide bonds. The number of carbonyl (C=O) groups excluding carboxylic acids is 1. The fraction of sp³-hybridized carbons (Fsp3) is 0. The van der Waals surface area contributed by atoms with Gasteiger partial charge in [0.25, 0.3) is 0 Å². The summed E-state index contributed by atoms with van der Waals surface area (Å²) < 4.78 is 18.4. The lowest BCUT2D eigenvalue weighted by Crippen LogP contribution is -1.84. The molecule has 2 nitrogen and oxygen atoms in total. The van der Waals surface area contributed by atoms with Crippen molar-refractivity contribution < 1.29 is 13.9 Å². The van der Waals surface area contributed by atoms with Crippen LogP contribution in [0.2, 0.25) is 5.02 Å². The topological polar surface area (TPSA) is 26.3 Å². The highest BCUT2D eigenvalue weighted by molar-refractivity contribution is 7.11. The molecule has 0 spiro atoms. The maximum atomic E-state index is 13.1. The molecule has 16 heavy (non-hydrogen) atoms. The Hall–Kier alpha value is -1.39. The normalized spacial score (nSPS) is 10.1. The van der Waals surface area contributed by atoms with E-state index in [1.165, 1.54) is 23.5 Å². The minimum absolute atomic E-state index is 0.0475. The summed E-state index contributed by atoms with van der Waals surface area (Å²) in [5, 5.41) is 1.72. The average molecular weight is 257 g/mol. The molecule has 0 radical (unpaired) electrons. The third kappa shape index (κ3) is 2.40. The highest BCUT2D eigenvalue weighted by Gasteiger charge is 2.04. The van der Waals surface area contributed by atoms with Crippen LogP contribution in [0.1, 0.15) is 9.67 Å². The molecule has 82 valence electrons. The molecule has 0 N–H and O–H groups in total. The van der Waals surface area contributed by atoms with Gasteiger partial charge in [-0.3, -0.25) is 4.79 Å². The van der Waals surface area contributed by atoms with Crippen LogP contribution < -0.4 is 4.74 Å². The molecule has 1 aromatic carbocycles. The lowest BCUT2D eigenvalue weighted by molar-refractivity contribution is 0.112. The van der Waals surface area contributed by atoms with Gasteiger partial charge in [0.05, 0.1) is 9.90 Å². The molecule has 0 saturated carbocycles. The zero-order valence-corrected chi connectivity index (χ0v) is 9.52. The van der Waals surface area contributed by atoms with Crippen molar-refractivity contribution in [2.45, 2.75) is 0 Å². The van der Waals surface area contributed by atoms with Gasteiger partial charge in [-0.05, 0) is 12.1 Å². The summed E-state index contributed by atoms with van der Waals surface area (Å²) >= 11 is 6.80. The number of rotatable bonds is 3. The molecule has 0 unspecified atom stereocenters. The monoisotopic (exact) mass is 256 g/mol. The number of aldehydes is 1. The molecule has 1 heterocycles. The van der Waals surface area contributed by atoms with E-state index in [9.17, 15) is 9.18 Å². The molecule has 5 heteroatoms. The Morgan fingerprint density at radius 3 is 2.75 bits per heavy atom. The Kier molecular flexibility index (Phi) is 3.22. The highest BCUT2D eigenvalue weighted by atomic mass is 35.5. The van der Waals surface area contributed by atoms with Crippen LogP contribution in [0, 0.1) is 5.82 Å². The van der Waals surface area contributed by atoms with E-state index in [1.807, 2.05) is 0 Å². The molecule has 0 fully saturated rings. The number of halogens is 2. The summed E-state index contributed by atoms with van der Waals surface area (Å²) in [6.45, 7) is 0. The van der Waals surface area contributed by atoms with Crippen molar-refractivity contribution in [3.05, 3.63) is 45.4 Å². The Balaban J connectivity index is 2.20. The third-order valence-corrected chi connectivity index (χ3v) is 2.98. The first-order valence-electron chi connectivity index (χ1n) is 4.35. The zero-order valence-electron chi connectivity index (χ0n) is 7.94. The van der Waals surface area contributed by atoms with Crippen LogP contribution in [0.4, 0.5) is 4.39 Å². The SMILES string of the molecule is O=Cc1cc(Oc2ccc(Cl)c(F)c2)cs1. The van der Waals surface area contributed by atoms with E-state index in [-0.39, 0.29) is 5.02 Å².